The van der Waals surface area contributed by atoms with E-state index in [-0.39, 0.29) is 18.0 Å². The van der Waals surface area contributed by atoms with Gasteiger partial charge in [0.05, 0.1) is 42.1 Å². The van der Waals surface area contributed by atoms with Crippen LogP contribution in [-0.2, 0) is 13.1 Å². The number of likely N-dealkylation sites (tertiary alicyclic amines) is 1. The van der Waals surface area contributed by atoms with Crippen molar-refractivity contribution < 1.29 is 9.21 Å². The summed E-state index contributed by atoms with van der Waals surface area (Å²) in [6.45, 7) is 5.10. The van der Waals surface area contributed by atoms with Crippen molar-refractivity contribution in [2.75, 3.05) is 13.1 Å². The number of fused-ring (bicyclic) bond motifs is 3. The molecule has 134 valence electrons. The molecule has 5 heterocycles. The number of amides is 1. The van der Waals surface area contributed by atoms with E-state index in [9.17, 15) is 4.79 Å². The fourth-order valence-corrected chi connectivity index (χ4v) is 4.79. The average molecular weight is 368 g/mol. The van der Waals surface area contributed by atoms with Crippen molar-refractivity contribution in [2.45, 2.75) is 32.1 Å². The van der Waals surface area contributed by atoms with Crippen LogP contribution >= 0.6 is 11.3 Å². The molecule has 1 fully saturated rings. The molecular weight excluding hydrogens is 348 g/mol. The highest BCUT2D eigenvalue weighted by Gasteiger charge is 2.45. The average Bonchev–Trinajstić information content (AvgIpc) is 3.39. The van der Waals surface area contributed by atoms with E-state index in [2.05, 4.69) is 19.8 Å². The molecule has 1 saturated heterocycles. The van der Waals surface area contributed by atoms with Crippen LogP contribution in [0.2, 0.25) is 0 Å². The largest absolute Gasteiger partial charge is 0.468 e. The van der Waals surface area contributed by atoms with Gasteiger partial charge < -0.3 is 13.9 Å². The maximum Gasteiger partial charge on any atom is 0.271 e. The minimum atomic E-state index is 0.0988. The molecule has 2 aliphatic heterocycles. The molecule has 26 heavy (non-hydrogen) atoms. The first-order chi connectivity index (χ1) is 12.7. The molecule has 3 aromatic heterocycles. The Morgan fingerprint density at radius 1 is 1.23 bits per heavy atom. The fourth-order valence-electron chi connectivity index (χ4n) is 4.19. The predicted octanol–water partition coefficient (Wildman–Crippen LogP) is 2.93. The molecule has 7 heteroatoms. The van der Waals surface area contributed by atoms with E-state index in [1.165, 1.54) is 0 Å². The molecule has 3 aromatic rings. The van der Waals surface area contributed by atoms with Gasteiger partial charge in [-0.3, -0.25) is 9.69 Å². The standard InChI is InChI=1S/C19H20N4O2S/c1-13-20-14(12-26-13)8-23-18-11-21(9-15-4-3-7-25-15)10-17(18)22-6-2-5-16(22)19(23)24/h2-7,12,17-18H,8-11H2,1H3/t17-,18+/m1/s1. The zero-order chi connectivity index (χ0) is 17.7. The number of hydrogen-bond acceptors (Lipinski definition) is 5. The molecule has 2 aliphatic rings. The van der Waals surface area contributed by atoms with Gasteiger partial charge in [-0.25, -0.2) is 4.98 Å². The number of carbonyl (C=O) groups is 1. The Hall–Kier alpha value is -2.38. The van der Waals surface area contributed by atoms with E-state index in [0.29, 0.717) is 6.54 Å². The van der Waals surface area contributed by atoms with Crippen LogP contribution < -0.4 is 0 Å². The summed E-state index contributed by atoms with van der Waals surface area (Å²) in [6, 6.07) is 8.24. The number of carbonyl (C=O) groups excluding carboxylic acids is 1. The maximum atomic E-state index is 13.1. The Kier molecular flexibility index (Phi) is 3.72. The lowest BCUT2D eigenvalue weighted by Gasteiger charge is -2.38. The van der Waals surface area contributed by atoms with Gasteiger partial charge in [-0.1, -0.05) is 0 Å². The Morgan fingerprint density at radius 3 is 2.88 bits per heavy atom. The van der Waals surface area contributed by atoms with Gasteiger partial charge in [0.15, 0.2) is 0 Å². The van der Waals surface area contributed by atoms with E-state index in [4.69, 9.17) is 4.42 Å². The smallest absolute Gasteiger partial charge is 0.271 e. The molecule has 0 bridgehead atoms. The van der Waals surface area contributed by atoms with E-state index in [0.717, 1.165) is 41.8 Å². The third-order valence-corrected chi connectivity index (χ3v) is 6.13. The minimum Gasteiger partial charge on any atom is -0.468 e. The second-order valence-electron chi connectivity index (χ2n) is 7.00. The zero-order valence-corrected chi connectivity index (χ0v) is 15.4. The molecule has 0 saturated carbocycles. The second kappa shape index (κ2) is 6.10. The molecule has 0 aromatic carbocycles. The van der Waals surface area contributed by atoms with Crippen LogP contribution in [0.25, 0.3) is 0 Å². The summed E-state index contributed by atoms with van der Waals surface area (Å²) in [5.41, 5.74) is 1.75. The summed E-state index contributed by atoms with van der Waals surface area (Å²) in [6.07, 6.45) is 3.74. The van der Waals surface area contributed by atoms with Gasteiger partial charge in [-0.15, -0.1) is 11.3 Å². The maximum absolute atomic E-state index is 13.1. The first kappa shape index (κ1) is 15.8. The van der Waals surface area contributed by atoms with Crippen molar-refractivity contribution in [3.8, 4) is 0 Å². The molecule has 0 spiro atoms. The van der Waals surface area contributed by atoms with Crippen molar-refractivity contribution in [3.63, 3.8) is 0 Å². The first-order valence-electron chi connectivity index (χ1n) is 8.82. The van der Waals surface area contributed by atoms with Gasteiger partial charge in [0, 0.05) is 24.7 Å². The highest BCUT2D eigenvalue weighted by atomic mass is 32.1. The number of rotatable bonds is 4. The van der Waals surface area contributed by atoms with Gasteiger partial charge in [-0.2, -0.15) is 0 Å². The summed E-state index contributed by atoms with van der Waals surface area (Å²) in [5.74, 6) is 1.06. The Bertz CT molecular complexity index is 929. The molecule has 0 unspecified atom stereocenters. The molecule has 0 N–H and O–H groups in total. The molecule has 6 nitrogen and oxygen atoms in total. The number of aromatic nitrogens is 2. The highest BCUT2D eigenvalue weighted by molar-refractivity contribution is 7.09. The van der Waals surface area contributed by atoms with E-state index in [1.54, 1.807) is 17.6 Å². The molecule has 5 rings (SSSR count). The van der Waals surface area contributed by atoms with Crippen molar-refractivity contribution >= 4 is 17.2 Å². The third kappa shape index (κ3) is 2.59. The topological polar surface area (TPSA) is 54.5 Å². The number of aryl methyl sites for hydroxylation is 1. The molecule has 2 atom stereocenters. The summed E-state index contributed by atoms with van der Waals surface area (Å²) < 4.78 is 7.66. The third-order valence-electron chi connectivity index (χ3n) is 5.31. The lowest BCUT2D eigenvalue weighted by atomic mass is 10.1. The van der Waals surface area contributed by atoms with Crippen molar-refractivity contribution in [1.29, 1.82) is 0 Å². The number of furan rings is 1. The fraction of sp³-hybridized carbons (Fsp3) is 0.368. The van der Waals surface area contributed by atoms with Gasteiger partial charge in [0.1, 0.15) is 11.5 Å². The van der Waals surface area contributed by atoms with Gasteiger partial charge in [-0.05, 0) is 31.2 Å². The molecular formula is C19H20N4O2S. The van der Waals surface area contributed by atoms with Gasteiger partial charge >= 0.3 is 0 Å². The second-order valence-corrected chi connectivity index (χ2v) is 8.06. The van der Waals surface area contributed by atoms with Gasteiger partial charge in [0.25, 0.3) is 5.91 Å². The quantitative estimate of drug-likeness (QED) is 0.711. The number of hydrogen-bond donors (Lipinski definition) is 0. The Balaban J connectivity index is 1.45. The summed E-state index contributed by atoms with van der Waals surface area (Å²) in [4.78, 5) is 22.0. The van der Waals surface area contributed by atoms with Crippen LogP contribution in [0.5, 0.6) is 0 Å². The van der Waals surface area contributed by atoms with Crippen LogP contribution in [0, 0.1) is 6.92 Å². The summed E-state index contributed by atoms with van der Waals surface area (Å²) in [5, 5.41) is 3.09. The van der Waals surface area contributed by atoms with Crippen molar-refractivity contribution in [2.24, 2.45) is 0 Å². The normalized spacial score (nSPS) is 22.7. The van der Waals surface area contributed by atoms with Crippen LogP contribution in [0.1, 0.15) is 33.0 Å². The van der Waals surface area contributed by atoms with Crippen molar-refractivity contribution in [3.05, 3.63) is 64.3 Å². The number of nitrogens with zero attached hydrogens (tertiary/aromatic N) is 4. The SMILES string of the molecule is Cc1nc(CN2C(=O)c3cccn3[C@@H]3CN(Cc4ccco4)C[C@@H]32)cs1. The first-order valence-corrected chi connectivity index (χ1v) is 9.70. The van der Waals surface area contributed by atoms with Crippen LogP contribution in [-0.4, -0.2) is 44.4 Å². The minimum absolute atomic E-state index is 0.0988. The van der Waals surface area contributed by atoms with E-state index in [1.807, 2.05) is 42.3 Å². The summed E-state index contributed by atoms with van der Waals surface area (Å²) in [7, 11) is 0. The monoisotopic (exact) mass is 368 g/mol. The predicted molar refractivity (Wildman–Crippen MR) is 98.0 cm³/mol. The van der Waals surface area contributed by atoms with Crippen molar-refractivity contribution in [1.82, 2.24) is 19.4 Å². The number of thiazole rings is 1. The summed E-state index contributed by atoms with van der Waals surface area (Å²) >= 11 is 1.63. The lowest BCUT2D eigenvalue weighted by molar-refractivity contribution is 0.0553. The van der Waals surface area contributed by atoms with Gasteiger partial charge in [0.2, 0.25) is 0 Å². The highest BCUT2D eigenvalue weighted by Crippen LogP contribution is 2.35. The molecule has 1 amide bonds. The van der Waals surface area contributed by atoms with Crippen LogP contribution in [0.15, 0.2) is 46.5 Å². The lowest BCUT2D eigenvalue weighted by Crippen LogP contribution is -2.49. The molecule has 0 aliphatic carbocycles. The molecule has 0 radical (unpaired) electrons. The van der Waals surface area contributed by atoms with Crippen LogP contribution in [0.3, 0.4) is 0 Å². The zero-order valence-electron chi connectivity index (χ0n) is 14.5. The van der Waals surface area contributed by atoms with E-state index < -0.39 is 0 Å². The Labute approximate surface area is 155 Å². The van der Waals surface area contributed by atoms with E-state index >= 15 is 0 Å². The van der Waals surface area contributed by atoms with Crippen LogP contribution in [0.4, 0.5) is 0 Å². The Morgan fingerprint density at radius 2 is 2.12 bits per heavy atom.